The Kier molecular flexibility index (Phi) is 5.78. The maximum absolute atomic E-state index is 12.1. The van der Waals surface area contributed by atoms with E-state index >= 15 is 0 Å². The van der Waals surface area contributed by atoms with Gasteiger partial charge in [0.25, 0.3) is 0 Å². The molecule has 0 bridgehead atoms. The van der Waals surface area contributed by atoms with Crippen LogP contribution in [0.25, 0.3) is 0 Å². The molecule has 116 valence electrons. The van der Waals surface area contributed by atoms with Crippen LogP contribution in [0.1, 0.15) is 47.5 Å². The van der Waals surface area contributed by atoms with Gasteiger partial charge in [-0.25, -0.2) is 4.68 Å². The second kappa shape index (κ2) is 6.94. The lowest BCUT2D eigenvalue weighted by Gasteiger charge is -2.27. The molecule has 1 amide bonds. The van der Waals surface area contributed by atoms with Gasteiger partial charge in [-0.05, 0) is 44.0 Å². The number of nitrogens with zero attached hydrogens (tertiary/aromatic N) is 4. The van der Waals surface area contributed by atoms with Crippen molar-refractivity contribution in [1.82, 2.24) is 25.5 Å². The lowest BCUT2D eigenvalue weighted by molar-refractivity contribution is -0.119. The summed E-state index contributed by atoms with van der Waals surface area (Å²) in [6, 6.07) is 0. The van der Waals surface area contributed by atoms with Crippen LogP contribution in [0.15, 0.2) is 5.16 Å². The van der Waals surface area contributed by atoms with Gasteiger partial charge in [-0.3, -0.25) is 4.79 Å². The number of hydrogen-bond donors (Lipinski definition) is 1. The molecule has 21 heavy (non-hydrogen) atoms. The van der Waals surface area contributed by atoms with Crippen molar-refractivity contribution in [2.45, 2.75) is 63.7 Å². The molecule has 0 aromatic carbocycles. The van der Waals surface area contributed by atoms with Crippen molar-refractivity contribution in [3.8, 4) is 12.3 Å². The molecule has 1 aromatic heterocycles. The maximum atomic E-state index is 12.1. The summed E-state index contributed by atoms with van der Waals surface area (Å²) in [5, 5.41) is 15.1. The second-order valence-corrected chi connectivity index (χ2v) is 6.76. The van der Waals surface area contributed by atoms with Crippen LogP contribution in [-0.4, -0.2) is 37.4 Å². The number of carbonyl (C=O) groups excluding carboxylic acids is 1. The zero-order valence-corrected chi connectivity index (χ0v) is 14.1. The van der Waals surface area contributed by atoms with Crippen LogP contribution in [0.3, 0.4) is 0 Å². The van der Waals surface area contributed by atoms with Gasteiger partial charge in [-0.1, -0.05) is 31.5 Å². The van der Waals surface area contributed by atoms with Gasteiger partial charge in [-0.15, -0.1) is 11.5 Å². The van der Waals surface area contributed by atoms with Gasteiger partial charge >= 0.3 is 0 Å². The third-order valence-electron chi connectivity index (χ3n) is 3.27. The van der Waals surface area contributed by atoms with Crippen LogP contribution in [0.2, 0.25) is 0 Å². The topological polar surface area (TPSA) is 72.7 Å². The Labute approximate surface area is 130 Å². The van der Waals surface area contributed by atoms with Gasteiger partial charge in [0, 0.05) is 0 Å². The Bertz CT molecular complexity index is 522. The van der Waals surface area contributed by atoms with Crippen LogP contribution < -0.4 is 5.32 Å². The van der Waals surface area contributed by atoms with Gasteiger partial charge in [-0.2, -0.15) is 0 Å². The van der Waals surface area contributed by atoms with Crippen LogP contribution in [-0.2, 0) is 10.3 Å². The molecule has 0 saturated carbocycles. The number of nitrogens with one attached hydrogen (secondary N) is 1. The minimum Gasteiger partial charge on any atom is -0.339 e. The number of hydrogen-bond acceptors (Lipinski definition) is 5. The molecule has 0 atom stereocenters. The van der Waals surface area contributed by atoms with Crippen LogP contribution in [0, 0.1) is 12.3 Å². The first-order chi connectivity index (χ1) is 9.78. The smallest absolute Gasteiger partial charge is 0.231 e. The first kappa shape index (κ1) is 17.5. The highest BCUT2D eigenvalue weighted by Crippen LogP contribution is 2.21. The molecule has 1 rings (SSSR count). The fourth-order valence-electron chi connectivity index (χ4n) is 1.79. The Balaban J connectivity index is 2.67. The second-order valence-electron chi connectivity index (χ2n) is 5.81. The van der Waals surface area contributed by atoms with E-state index in [1.165, 1.54) is 11.8 Å². The fraction of sp³-hybridized carbons (Fsp3) is 0.714. The van der Waals surface area contributed by atoms with Crippen molar-refractivity contribution < 1.29 is 4.79 Å². The lowest BCUT2D eigenvalue weighted by atomic mass is 9.94. The zero-order chi connectivity index (χ0) is 16.1. The molecule has 0 aliphatic carbocycles. The van der Waals surface area contributed by atoms with E-state index in [-0.39, 0.29) is 17.2 Å². The number of terminal acetylenes is 1. The predicted molar refractivity (Wildman–Crippen MR) is 83.8 cm³/mol. The van der Waals surface area contributed by atoms with E-state index in [2.05, 4.69) is 26.8 Å². The van der Waals surface area contributed by atoms with Crippen molar-refractivity contribution >= 4 is 17.7 Å². The first-order valence-corrected chi connectivity index (χ1v) is 7.97. The van der Waals surface area contributed by atoms with Gasteiger partial charge < -0.3 is 5.32 Å². The van der Waals surface area contributed by atoms with E-state index in [1.54, 1.807) is 4.68 Å². The standard InChI is InChI=1S/C14H23N5OS/c1-7-14(8-2,9-3)15-11(20)10-21-12-16-17-18-19(12)13(4,5)6/h1H,8-10H2,2-6H3,(H,15,20). The van der Waals surface area contributed by atoms with Crippen molar-refractivity contribution in [2.24, 2.45) is 0 Å². The van der Waals surface area contributed by atoms with E-state index in [4.69, 9.17) is 6.42 Å². The molecule has 0 unspecified atom stereocenters. The Morgan fingerprint density at radius 2 is 2.00 bits per heavy atom. The highest BCUT2D eigenvalue weighted by molar-refractivity contribution is 7.99. The summed E-state index contributed by atoms with van der Waals surface area (Å²) >= 11 is 1.31. The largest absolute Gasteiger partial charge is 0.339 e. The molecule has 1 heterocycles. The average Bonchev–Trinajstić information content (AvgIpc) is 2.91. The molecule has 0 radical (unpaired) electrons. The predicted octanol–water partition coefficient (Wildman–Crippen LogP) is 1.83. The van der Waals surface area contributed by atoms with Crippen LogP contribution >= 0.6 is 11.8 Å². The number of aromatic nitrogens is 4. The minimum absolute atomic E-state index is 0.106. The summed E-state index contributed by atoms with van der Waals surface area (Å²) in [5.74, 6) is 2.82. The quantitative estimate of drug-likeness (QED) is 0.641. The number of rotatable bonds is 6. The Morgan fingerprint density at radius 1 is 1.38 bits per heavy atom. The Hall–Kier alpha value is -1.55. The highest BCUT2D eigenvalue weighted by Gasteiger charge is 2.26. The third-order valence-corrected chi connectivity index (χ3v) is 4.19. The van der Waals surface area contributed by atoms with Gasteiger partial charge in [0.05, 0.1) is 11.3 Å². The Morgan fingerprint density at radius 3 is 2.48 bits per heavy atom. The molecular formula is C14H23N5OS. The van der Waals surface area contributed by atoms with E-state index in [0.29, 0.717) is 18.0 Å². The van der Waals surface area contributed by atoms with Crippen molar-refractivity contribution in [3.63, 3.8) is 0 Å². The van der Waals surface area contributed by atoms with Gasteiger partial charge in [0.2, 0.25) is 11.1 Å². The molecule has 0 aliphatic heterocycles. The van der Waals surface area contributed by atoms with E-state index in [0.717, 1.165) is 0 Å². The van der Waals surface area contributed by atoms with Gasteiger partial charge in [0.1, 0.15) is 5.54 Å². The average molecular weight is 309 g/mol. The van der Waals surface area contributed by atoms with E-state index in [9.17, 15) is 4.79 Å². The van der Waals surface area contributed by atoms with Crippen molar-refractivity contribution in [2.75, 3.05) is 5.75 Å². The number of tetrazole rings is 1. The molecule has 7 heteroatoms. The van der Waals surface area contributed by atoms with E-state index in [1.807, 2.05) is 34.6 Å². The zero-order valence-electron chi connectivity index (χ0n) is 13.3. The van der Waals surface area contributed by atoms with Crippen molar-refractivity contribution in [1.29, 1.82) is 0 Å². The molecular weight excluding hydrogens is 286 g/mol. The monoisotopic (exact) mass is 309 g/mol. The number of amides is 1. The number of carbonyl (C=O) groups is 1. The molecule has 6 nitrogen and oxygen atoms in total. The summed E-state index contributed by atoms with van der Waals surface area (Å²) in [6.07, 6.45) is 6.95. The first-order valence-electron chi connectivity index (χ1n) is 6.98. The molecule has 0 fully saturated rings. The summed E-state index contributed by atoms with van der Waals surface area (Å²) in [5.41, 5.74) is -0.786. The summed E-state index contributed by atoms with van der Waals surface area (Å²) in [7, 11) is 0. The highest BCUT2D eigenvalue weighted by atomic mass is 32.2. The molecule has 0 saturated heterocycles. The molecule has 0 aliphatic rings. The fourth-order valence-corrected chi connectivity index (χ4v) is 2.65. The summed E-state index contributed by atoms with van der Waals surface area (Å²) < 4.78 is 1.71. The molecule has 0 spiro atoms. The summed E-state index contributed by atoms with van der Waals surface area (Å²) in [6.45, 7) is 9.95. The normalized spacial score (nSPS) is 12.0. The van der Waals surface area contributed by atoms with Crippen molar-refractivity contribution in [3.05, 3.63) is 0 Å². The maximum Gasteiger partial charge on any atom is 0.231 e. The molecule has 1 N–H and O–H groups in total. The van der Waals surface area contributed by atoms with Crippen LogP contribution in [0.5, 0.6) is 0 Å². The SMILES string of the molecule is C#CC(CC)(CC)NC(=O)CSc1nnnn1C(C)(C)C. The summed E-state index contributed by atoms with van der Waals surface area (Å²) in [4.78, 5) is 12.1. The van der Waals surface area contributed by atoms with Crippen LogP contribution in [0.4, 0.5) is 0 Å². The van der Waals surface area contributed by atoms with E-state index < -0.39 is 5.54 Å². The third kappa shape index (κ3) is 4.46. The number of thioether (sulfide) groups is 1. The minimum atomic E-state index is -0.562. The molecule has 1 aromatic rings. The lowest BCUT2D eigenvalue weighted by Crippen LogP contribution is -2.47. The van der Waals surface area contributed by atoms with Gasteiger partial charge in [0.15, 0.2) is 0 Å².